The fourth-order valence-electron chi connectivity index (χ4n) is 1.44. The summed E-state index contributed by atoms with van der Waals surface area (Å²) in [6.45, 7) is 11.7. The minimum absolute atomic E-state index is 0.177. The lowest BCUT2D eigenvalue weighted by Crippen LogP contribution is -2.28. The van der Waals surface area contributed by atoms with E-state index in [1.165, 1.54) is 0 Å². The van der Waals surface area contributed by atoms with Gasteiger partial charge in [0.25, 0.3) is 5.95 Å². The molecule has 0 saturated carbocycles. The van der Waals surface area contributed by atoms with E-state index >= 15 is 0 Å². The smallest absolute Gasteiger partial charge is 0.266 e. The van der Waals surface area contributed by atoms with E-state index in [1.807, 2.05) is 39.5 Å². The summed E-state index contributed by atoms with van der Waals surface area (Å²) in [5.41, 5.74) is -0.177. The van der Waals surface area contributed by atoms with Gasteiger partial charge in [-0.25, -0.2) is 0 Å². The molecule has 17 heavy (non-hydrogen) atoms. The van der Waals surface area contributed by atoms with Gasteiger partial charge in [-0.05, 0) is 24.4 Å². The number of rotatable bonds is 5. The van der Waals surface area contributed by atoms with Crippen LogP contribution in [0.5, 0.6) is 0 Å². The first-order valence-electron chi connectivity index (χ1n) is 6.14. The van der Waals surface area contributed by atoms with Crippen LogP contribution in [0.3, 0.4) is 0 Å². The third kappa shape index (κ3) is 3.70. The third-order valence-corrected chi connectivity index (χ3v) is 2.87. The molecule has 1 rings (SSSR count). The highest BCUT2D eigenvalue weighted by atomic mass is 16.5. The van der Waals surface area contributed by atoms with Gasteiger partial charge in [-0.3, -0.25) is 0 Å². The summed E-state index contributed by atoms with van der Waals surface area (Å²) < 4.78 is 5.15. The Morgan fingerprint density at radius 1 is 1.29 bits per heavy atom. The molecule has 1 atom stereocenters. The summed E-state index contributed by atoms with van der Waals surface area (Å²) in [5.74, 6) is 1.10. The van der Waals surface area contributed by atoms with Gasteiger partial charge in [0.15, 0.2) is 0 Å². The maximum atomic E-state index is 9.96. The Balaban J connectivity index is 2.69. The van der Waals surface area contributed by atoms with Crippen LogP contribution in [0.2, 0.25) is 0 Å². The highest BCUT2D eigenvalue weighted by Gasteiger charge is 2.25. The van der Waals surface area contributed by atoms with Gasteiger partial charge in [0.2, 0.25) is 5.89 Å². The van der Waals surface area contributed by atoms with Crippen LogP contribution in [-0.4, -0.2) is 34.4 Å². The lowest BCUT2D eigenvalue weighted by Gasteiger charge is -2.24. The zero-order valence-corrected chi connectivity index (χ0v) is 11.4. The van der Waals surface area contributed by atoms with Gasteiger partial charge in [-0.2, -0.15) is 4.98 Å². The average molecular weight is 241 g/mol. The van der Waals surface area contributed by atoms with Crippen molar-refractivity contribution in [1.29, 1.82) is 0 Å². The molecule has 0 spiro atoms. The number of nitrogens with zero attached hydrogens (tertiary/aromatic N) is 3. The van der Waals surface area contributed by atoms with Crippen molar-refractivity contribution in [2.75, 3.05) is 18.0 Å². The van der Waals surface area contributed by atoms with Crippen molar-refractivity contribution in [3.05, 3.63) is 5.89 Å². The maximum absolute atomic E-state index is 9.96. The number of hydrogen-bond acceptors (Lipinski definition) is 5. The molecule has 5 heteroatoms. The highest BCUT2D eigenvalue weighted by Crippen LogP contribution is 2.22. The fourth-order valence-corrected chi connectivity index (χ4v) is 1.44. The molecule has 0 amide bonds. The second-order valence-corrected chi connectivity index (χ2v) is 5.25. The quantitative estimate of drug-likeness (QED) is 0.852. The van der Waals surface area contributed by atoms with Crippen LogP contribution in [0, 0.1) is 5.41 Å². The highest BCUT2D eigenvalue weighted by molar-refractivity contribution is 5.26. The van der Waals surface area contributed by atoms with Crippen LogP contribution < -0.4 is 4.90 Å². The van der Waals surface area contributed by atoms with Gasteiger partial charge in [0.05, 0.1) is 12.5 Å². The Labute approximate surface area is 103 Å². The molecule has 0 radical (unpaired) electrons. The number of aliphatic hydroxyl groups is 1. The van der Waals surface area contributed by atoms with Crippen molar-refractivity contribution >= 4 is 5.95 Å². The summed E-state index contributed by atoms with van der Waals surface area (Å²) >= 11 is 0. The molecule has 1 N–H and O–H groups in total. The lowest BCUT2D eigenvalue weighted by molar-refractivity contribution is 0.0565. The number of anilines is 1. The summed E-state index contributed by atoms with van der Waals surface area (Å²) in [7, 11) is 0. The molecular formula is C12H23N3O2. The standard InChI is InChI=1S/C12H23N3O2/c1-6-15(7-2)11-13-10(17-14-11)8-9(16)12(3,4)5/h9,16H,6-8H2,1-5H3. The van der Waals surface area contributed by atoms with Crippen molar-refractivity contribution < 1.29 is 9.63 Å². The zero-order chi connectivity index (χ0) is 13.1. The second kappa shape index (κ2) is 5.49. The molecule has 0 aliphatic rings. The third-order valence-electron chi connectivity index (χ3n) is 2.87. The average Bonchev–Trinajstić information content (AvgIpc) is 2.67. The van der Waals surface area contributed by atoms with Crippen molar-refractivity contribution in [2.45, 2.75) is 47.1 Å². The molecule has 1 aromatic rings. The number of aromatic nitrogens is 2. The maximum Gasteiger partial charge on any atom is 0.266 e. The van der Waals surface area contributed by atoms with Crippen molar-refractivity contribution in [2.24, 2.45) is 5.41 Å². The zero-order valence-electron chi connectivity index (χ0n) is 11.4. The van der Waals surface area contributed by atoms with E-state index < -0.39 is 6.10 Å². The van der Waals surface area contributed by atoms with E-state index in [0.29, 0.717) is 18.3 Å². The number of aliphatic hydroxyl groups excluding tert-OH is 1. The van der Waals surface area contributed by atoms with Crippen LogP contribution in [0.1, 0.15) is 40.5 Å². The van der Waals surface area contributed by atoms with E-state index in [4.69, 9.17) is 4.52 Å². The van der Waals surface area contributed by atoms with E-state index in [1.54, 1.807) is 0 Å². The monoisotopic (exact) mass is 241 g/mol. The SMILES string of the molecule is CCN(CC)c1noc(CC(O)C(C)(C)C)n1. The molecule has 98 valence electrons. The second-order valence-electron chi connectivity index (χ2n) is 5.25. The van der Waals surface area contributed by atoms with Gasteiger partial charge in [-0.1, -0.05) is 20.8 Å². The van der Waals surface area contributed by atoms with Crippen LogP contribution in [0.4, 0.5) is 5.95 Å². The summed E-state index contributed by atoms with van der Waals surface area (Å²) in [4.78, 5) is 6.30. The van der Waals surface area contributed by atoms with Crippen molar-refractivity contribution in [1.82, 2.24) is 10.1 Å². The van der Waals surface area contributed by atoms with Gasteiger partial charge >= 0.3 is 0 Å². The van der Waals surface area contributed by atoms with Crippen LogP contribution >= 0.6 is 0 Å². The topological polar surface area (TPSA) is 62.4 Å². The molecule has 0 fully saturated rings. The fraction of sp³-hybridized carbons (Fsp3) is 0.833. The number of hydrogen-bond donors (Lipinski definition) is 1. The Hall–Kier alpha value is -1.10. The molecule has 0 aliphatic heterocycles. The molecule has 0 bridgehead atoms. The van der Waals surface area contributed by atoms with Crippen molar-refractivity contribution in [3.63, 3.8) is 0 Å². The first kappa shape index (κ1) is 14.0. The largest absolute Gasteiger partial charge is 0.392 e. The first-order chi connectivity index (χ1) is 7.88. The Kier molecular flexibility index (Phi) is 4.51. The minimum atomic E-state index is -0.479. The normalized spacial score (nSPS) is 13.8. The summed E-state index contributed by atoms with van der Waals surface area (Å²) in [5, 5.41) is 13.9. The van der Waals surface area contributed by atoms with Crippen LogP contribution in [-0.2, 0) is 6.42 Å². The predicted molar refractivity (Wildman–Crippen MR) is 67.0 cm³/mol. The van der Waals surface area contributed by atoms with E-state index in [2.05, 4.69) is 10.1 Å². The predicted octanol–water partition coefficient (Wildman–Crippen LogP) is 1.87. The Bertz CT molecular complexity index is 340. The Morgan fingerprint density at radius 3 is 2.35 bits per heavy atom. The van der Waals surface area contributed by atoms with E-state index in [9.17, 15) is 5.11 Å². The minimum Gasteiger partial charge on any atom is -0.392 e. The van der Waals surface area contributed by atoms with Gasteiger partial charge in [0, 0.05) is 13.1 Å². The first-order valence-corrected chi connectivity index (χ1v) is 6.14. The molecule has 1 aromatic heterocycles. The molecule has 5 nitrogen and oxygen atoms in total. The molecule has 0 saturated heterocycles. The summed E-state index contributed by atoms with van der Waals surface area (Å²) in [6, 6.07) is 0. The van der Waals surface area contributed by atoms with E-state index in [-0.39, 0.29) is 5.41 Å². The summed E-state index contributed by atoms with van der Waals surface area (Å²) in [6.07, 6.45) is -0.0786. The molecule has 1 unspecified atom stereocenters. The Morgan fingerprint density at radius 2 is 1.88 bits per heavy atom. The van der Waals surface area contributed by atoms with Gasteiger partial charge in [0.1, 0.15) is 0 Å². The molecule has 0 aromatic carbocycles. The van der Waals surface area contributed by atoms with Crippen molar-refractivity contribution in [3.8, 4) is 0 Å². The van der Waals surface area contributed by atoms with Gasteiger partial charge < -0.3 is 14.5 Å². The molecule has 1 heterocycles. The van der Waals surface area contributed by atoms with Crippen LogP contribution in [0.25, 0.3) is 0 Å². The molecular weight excluding hydrogens is 218 g/mol. The van der Waals surface area contributed by atoms with E-state index in [0.717, 1.165) is 13.1 Å². The van der Waals surface area contributed by atoms with Gasteiger partial charge in [-0.15, -0.1) is 0 Å². The van der Waals surface area contributed by atoms with Crippen LogP contribution in [0.15, 0.2) is 4.52 Å². The lowest BCUT2D eigenvalue weighted by atomic mass is 9.87. The molecule has 0 aliphatic carbocycles.